The Labute approximate surface area is 95.2 Å². The van der Waals surface area contributed by atoms with E-state index in [-0.39, 0.29) is 0 Å². The number of hydrogen-bond acceptors (Lipinski definition) is 0. The Morgan fingerprint density at radius 3 is 2.71 bits per heavy atom. The van der Waals surface area contributed by atoms with Crippen molar-refractivity contribution in [2.45, 2.75) is 32.6 Å². The molecular weight excluding hydrogens is 236 g/mol. The summed E-state index contributed by atoms with van der Waals surface area (Å²) in [5.41, 5.74) is 2.70. The van der Waals surface area contributed by atoms with E-state index in [0.29, 0.717) is 5.92 Å². The van der Waals surface area contributed by atoms with Crippen LogP contribution in [0.2, 0.25) is 0 Å². The molecule has 0 spiro atoms. The monoisotopic (exact) mass is 252 g/mol. The van der Waals surface area contributed by atoms with E-state index in [0.717, 1.165) is 12.8 Å². The molecule has 0 nitrogen and oxygen atoms in total. The molecule has 1 aromatic carbocycles. The quantitative estimate of drug-likeness (QED) is 0.674. The first-order valence-corrected chi connectivity index (χ1v) is 5.85. The van der Waals surface area contributed by atoms with Gasteiger partial charge in [0.15, 0.2) is 0 Å². The van der Waals surface area contributed by atoms with Gasteiger partial charge in [0, 0.05) is 4.47 Å². The molecule has 1 heteroatoms. The zero-order valence-corrected chi connectivity index (χ0v) is 10.5. The van der Waals surface area contributed by atoms with Crippen LogP contribution in [0.1, 0.15) is 36.8 Å². The maximum Gasteiger partial charge on any atom is 0.0212 e. The fraction of sp³-hybridized carbons (Fsp3) is 0.385. The van der Waals surface area contributed by atoms with Gasteiger partial charge in [0.05, 0.1) is 0 Å². The van der Waals surface area contributed by atoms with Crippen LogP contribution in [0.15, 0.2) is 35.3 Å². The number of allylic oxidation sites excluding steroid dienone is 1. The van der Waals surface area contributed by atoms with Gasteiger partial charge in [-0.15, -0.1) is 6.58 Å². The van der Waals surface area contributed by atoms with Gasteiger partial charge in [-0.05, 0) is 42.9 Å². The van der Waals surface area contributed by atoms with Gasteiger partial charge < -0.3 is 0 Å². The van der Waals surface area contributed by atoms with Gasteiger partial charge >= 0.3 is 0 Å². The third-order valence-electron chi connectivity index (χ3n) is 2.54. The van der Waals surface area contributed by atoms with Crippen molar-refractivity contribution in [2.24, 2.45) is 0 Å². The summed E-state index contributed by atoms with van der Waals surface area (Å²) in [7, 11) is 0. The summed E-state index contributed by atoms with van der Waals surface area (Å²) in [5, 5.41) is 0. The molecule has 1 atom stereocenters. The molecule has 0 aliphatic carbocycles. The minimum atomic E-state index is 0.600. The van der Waals surface area contributed by atoms with Gasteiger partial charge in [-0.25, -0.2) is 0 Å². The molecule has 14 heavy (non-hydrogen) atoms. The summed E-state index contributed by atoms with van der Waals surface area (Å²) >= 11 is 3.62. The molecule has 0 fully saturated rings. The summed E-state index contributed by atoms with van der Waals surface area (Å²) < 4.78 is 1.23. The van der Waals surface area contributed by atoms with E-state index in [1.54, 1.807) is 0 Å². The second-order valence-corrected chi connectivity index (χ2v) is 4.51. The molecule has 1 rings (SSSR count). The second-order valence-electron chi connectivity index (χ2n) is 3.65. The Hall–Kier alpha value is -0.560. The predicted molar refractivity (Wildman–Crippen MR) is 66.7 cm³/mol. The summed E-state index contributed by atoms with van der Waals surface area (Å²) in [4.78, 5) is 0. The van der Waals surface area contributed by atoms with Gasteiger partial charge in [0.2, 0.25) is 0 Å². The highest BCUT2D eigenvalue weighted by Crippen LogP contribution is 2.30. The Morgan fingerprint density at radius 2 is 2.21 bits per heavy atom. The van der Waals surface area contributed by atoms with Gasteiger partial charge in [0.1, 0.15) is 0 Å². The van der Waals surface area contributed by atoms with Crippen molar-refractivity contribution in [3.63, 3.8) is 0 Å². The standard InChI is InChI=1S/C13H17Br/c1-4-6-11(5-2)12-8-7-10(3)9-13(12)14/h4,7-9,11H,1,5-6H2,2-3H3. The first-order chi connectivity index (χ1) is 6.69. The van der Waals surface area contributed by atoms with Gasteiger partial charge in [-0.3, -0.25) is 0 Å². The molecule has 0 aliphatic rings. The smallest absolute Gasteiger partial charge is 0.0212 e. The van der Waals surface area contributed by atoms with Crippen LogP contribution in [0.5, 0.6) is 0 Å². The number of rotatable bonds is 4. The molecular formula is C13H17Br. The van der Waals surface area contributed by atoms with Crippen molar-refractivity contribution in [1.29, 1.82) is 0 Å². The van der Waals surface area contributed by atoms with Crippen molar-refractivity contribution in [3.8, 4) is 0 Å². The Balaban J connectivity index is 2.97. The van der Waals surface area contributed by atoms with E-state index < -0.39 is 0 Å². The van der Waals surface area contributed by atoms with Crippen LogP contribution in [0.4, 0.5) is 0 Å². The highest BCUT2D eigenvalue weighted by Gasteiger charge is 2.10. The third-order valence-corrected chi connectivity index (χ3v) is 3.23. The fourth-order valence-electron chi connectivity index (χ4n) is 1.68. The van der Waals surface area contributed by atoms with E-state index in [2.05, 4.69) is 54.6 Å². The van der Waals surface area contributed by atoms with E-state index in [4.69, 9.17) is 0 Å². The van der Waals surface area contributed by atoms with E-state index in [1.807, 2.05) is 6.08 Å². The first kappa shape index (κ1) is 11.5. The number of halogens is 1. The largest absolute Gasteiger partial charge is 0.103 e. The Morgan fingerprint density at radius 1 is 1.50 bits per heavy atom. The average Bonchev–Trinajstić information content (AvgIpc) is 2.15. The molecule has 0 radical (unpaired) electrons. The minimum absolute atomic E-state index is 0.600. The number of hydrogen-bond donors (Lipinski definition) is 0. The average molecular weight is 253 g/mol. The van der Waals surface area contributed by atoms with Crippen molar-refractivity contribution < 1.29 is 0 Å². The van der Waals surface area contributed by atoms with E-state index >= 15 is 0 Å². The van der Waals surface area contributed by atoms with Crippen LogP contribution in [0.3, 0.4) is 0 Å². The van der Waals surface area contributed by atoms with Crippen LogP contribution in [-0.4, -0.2) is 0 Å². The second kappa shape index (κ2) is 5.35. The summed E-state index contributed by atoms with van der Waals surface area (Å²) in [5.74, 6) is 0.600. The molecule has 0 bridgehead atoms. The van der Waals surface area contributed by atoms with Crippen LogP contribution >= 0.6 is 15.9 Å². The maximum atomic E-state index is 3.81. The third kappa shape index (κ3) is 2.71. The highest BCUT2D eigenvalue weighted by atomic mass is 79.9. The highest BCUT2D eigenvalue weighted by molar-refractivity contribution is 9.10. The van der Waals surface area contributed by atoms with Crippen molar-refractivity contribution in [1.82, 2.24) is 0 Å². The lowest BCUT2D eigenvalue weighted by atomic mass is 9.93. The summed E-state index contributed by atoms with van der Waals surface area (Å²) in [6, 6.07) is 6.57. The van der Waals surface area contributed by atoms with Crippen LogP contribution in [-0.2, 0) is 0 Å². The van der Waals surface area contributed by atoms with Crippen LogP contribution < -0.4 is 0 Å². The van der Waals surface area contributed by atoms with Crippen LogP contribution in [0, 0.1) is 6.92 Å². The van der Waals surface area contributed by atoms with Crippen molar-refractivity contribution >= 4 is 15.9 Å². The van der Waals surface area contributed by atoms with Crippen molar-refractivity contribution in [2.75, 3.05) is 0 Å². The first-order valence-electron chi connectivity index (χ1n) is 5.06. The normalized spacial score (nSPS) is 12.5. The maximum absolute atomic E-state index is 3.81. The summed E-state index contributed by atoms with van der Waals surface area (Å²) in [6.07, 6.45) is 4.21. The van der Waals surface area contributed by atoms with Crippen molar-refractivity contribution in [3.05, 3.63) is 46.5 Å². The molecule has 1 unspecified atom stereocenters. The lowest BCUT2D eigenvalue weighted by Crippen LogP contribution is -1.97. The zero-order valence-electron chi connectivity index (χ0n) is 8.89. The predicted octanol–water partition coefficient (Wildman–Crippen LogP) is 4.83. The van der Waals surface area contributed by atoms with E-state index in [1.165, 1.54) is 15.6 Å². The molecule has 0 heterocycles. The molecule has 0 aliphatic heterocycles. The molecule has 76 valence electrons. The lowest BCUT2D eigenvalue weighted by molar-refractivity contribution is 0.672. The molecule has 1 aromatic rings. The summed E-state index contributed by atoms with van der Waals surface area (Å²) in [6.45, 7) is 8.14. The fourth-order valence-corrected chi connectivity index (χ4v) is 2.49. The SMILES string of the molecule is C=CCC(CC)c1ccc(C)cc1Br. The van der Waals surface area contributed by atoms with Crippen LogP contribution in [0.25, 0.3) is 0 Å². The van der Waals surface area contributed by atoms with Gasteiger partial charge in [0.25, 0.3) is 0 Å². The number of aryl methyl sites for hydroxylation is 1. The molecule has 0 saturated heterocycles. The Kier molecular flexibility index (Phi) is 4.40. The molecule has 0 N–H and O–H groups in total. The molecule has 0 saturated carbocycles. The van der Waals surface area contributed by atoms with Gasteiger partial charge in [-0.1, -0.05) is 41.1 Å². The Bertz CT molecular complexity index is 315. The molecule has 0 aromatic heterocycles. The van der Waals surface area contributed by atoms with Gasteiger partial charge in [-0.2, -0.15) is 0 Å². The topological polar surface area (TPSA) is 0 Å². The van der Waals surface area contributed by atoms with E-state index in [9.17, 15) is 0 Å². The zero-order chi connectivity index (χ0) is 10.6. The lowest BCUT2D eigenvalue weighted by Gasteiger charge is -2.15. The number of benzene rings is 1. The molecule has 0 amide bonds. The minimum Gasteiger partial charge on any atom is -0.103 e.